The molecule has 0 heterocycles. The molecule has 1 rings (SSSR count). The molecule has 0 aromatic heterocycles. The van der Waals surface area contributed by atoms with Crippen molar-refractivity contribution in [1.29, 1.82) is 0 Å². The average molecular weight is 196 g/mol. The molecule has 0 aliphatic heterocycles. The lowest BCUT2D eigenvalue weighted by Gasteiger charge is -2.29. The summed E-state index contributed by atoms with van der Waals surface area (Å²) in [5.41, 5.74) is 8.34. The zero-order valence-corrected chi connectivity index (χ0v) is 9.01. The molecule has 0 aromatic carbocycles. The fraction of sp³-hybridized carbons (Fsp3) is 0.636. The highest BCUT2D eigenvalue weighted by Gasteiger charge is 2.23. The van der Waals surface area contributed by atoms with Gasteiger partial charge in [-0.2, -0.15) is 0 Å². The molecule has 0 radical (unpaired) electrons. The Balaban J connectivity index is 2.64. The molecule has 0 aromatic rings. The fourth-order valence-electron chi connectivity index (χ4n) is 1.68. The molecule has 0 fully saturated rings. The summed E-state index contributed by atoms with van der Waals surface area (Å²) in [6, 6.07) is 0. The van der Waals surface area contributed by atoms with Gasteiger partial charge < -0.3 is 16.2 Å². The van der Waals surface area contributed by atoms with Gasteiger partial charge in [-0.3, -0.25) is 0 Å². The molecule has 3 nitrogen and oxygen atoms in total. The molecule has 0 spiro atoms. The summed E-state index contributed by atoms with van der Waals surface area (Å²) < 4.78 is 0. The second-order valence-corrected chi connectivity index (χ2v) is 3.94. The summed E-state index contributed by atoms with van der Waals surface area (Å²) >= 11 is 0. The molecular formula is C11H20N2O. The van der Waals surface area contributed by atoms with Gasteiger partial charge in [-0.1, -0.05) is 13.0 Å². The minimum absolute atomic E-state index is 0.159. The summed E-state index contributed by atoms with van der Waals surface area (Å²) in [4.78, 5) is 0. The van der Waals surface area contributed by atoms with Crippen LogP contribution in [0.3, 0.4) is 0 Å². The average Bonchev–Trinajstić information content (AvgIpc) is 2.17. The van der Waals surface area contributed by atoms with Crippen LogP contribution in [0.5, 0.6) is 0 Å². The monoisotopic (exact) mass is 196 g/mol. The van der Waals surface area contributed by atoms with Crippen LogP contribution in [0.1, 0.15) is 26.7 Å². The molecule has 1 aliphatic carbocycles. The Hall–Kier alpha value is -0.800. The van der Waals surface area contributed by atoms with Gasteiger partial charge in [0.25, 0.3) is 0 Å². The Morgan fingerprint density at radius 3 is 2.86 bits per heavy atom. The third kappa shape index (κ3) is 2.59. The van der Waals surface area contributed by atoms with Crippen LogP contribution >= 0.6 is 0 Å². The van der Waals surface area contributed by atoms with Crippen molar-refractivity contribution in [2.75, 3.05) is 13.2 Å². The topological polar surface area (TPSA) is 58.3 Å². The lowest BCUT2D eigenvalue weighted by molar-refractivity contribution is 0.297. The molecule has 1 aliphatic rings. The van der Waals surface area contributed by atoms with Crippen LogP contribution in [-0.2, 0) is 0 Å². The van der Waals surface area contributed by atoms with Crippen LogP contribution < -0.4 is 11.1 Å². The summed E-state index contributed by atoms with van der Waals surface area (Å²) in [6.07, 6.45) is 5.93. The number of aliphatic hydroxyl groups is 1. The van der Waals surface area contributed by atoms with Gasteiger partial charge in [-0.15, -0.1) is 0 Å². The zero-order valence-electron chi connectivity index (χ0n) is 9.01. The van der Waals surface area contributed by atoms with Crippen LogP contribution in [0, 0.1) is 0 Å². The van der Waals surface area contributed by atoms with Crippen LogP contribution in [-0.4, -0.2) is 23.8 Å². The van der Waals surface area contributed by atoms with E-state index in [-0.39, 0.29) is 12.1 Å². The fourth-order valence-corrected chi connectivity index (χ4v) is 1.68. The standard InChI is InChI=1S/C11H20N2O/c1-3-11(12)5-4-10(9(2)8-11)13-6-7-14/h4-5,13-14H,3,6-8,12H2,1-2H3. The normalized spacial score (nSPS) is 26.9. The predicted molar refractivity (Wildman–Crippen MR) is 58.8 cm³/mol. The van der Waals surface area contributed by atoms with E-state index in [4.69, 9.17) is 10.8 Å². The van der Waals surface area contributed by atoms with E-state index in [2.05, 4.69) is 25.2 Å². The number of hydrogen-bond donors (Lipinski definition) is 3. The van der Waals surface area contributed by atoms with Crippen LogP contribution in [0.25, 0.3) is 0 Å². The molecule has 1 unspecified atom stereocenters. The zero-order chi connectivity index (χ0) is 10.6. The Bertz CT molecular complexity index is 258. The van der Waals surface area contributed by atoms with Gasteiger partial charge in [0.05, 0.1) is 6.61 Å². The van der Waals surface area contributed by atoms with Crippen molar-refractivity contribution in [1.82, 2.24) is 5.32 Å². The van der Waals surface area contributed by atoms with Crippen molar-refractivity contribution in [2.24, 2.45) is 5.73 Å². The maximum atomic E-state index is 8.70. The molecule has 3 heteroatoms. The highest BCUT2D eigenvalue weighted by atomic mass is 16.3. The summed E-state index contributed by atoms with van der Waals surface area (Å²) in [5.74, 6) is 0. The third-order valence-corrected chi connectivity index (χ3v) is 2.72. The highest BCUT2D eigenvalue weighted by molar-refractivity contribution is 5.32. The van der Waals surface area contributed by atoms with Gasteiger partial charge in [0.1, 0.15) is 0 Å². The van der Waals surface area contributed by atoms with Gasteiger partial charge in [0.2, 0.25) is 0 Å². The van der Waals surface area contributed by atoms with Crippen LogP contribution in [0.15, 0.2) is 23.4 Å². The Morgan fingerprint density at radius 2 is 2.36 bits per heavy atom. The quantitative estimate of drug-likeness (QED) is 0.626. The maximum absolute atomic E-state index is 8.70. The minimum Gasteiger partial charge on any atom is -0.395 e. The third-order valence-electron chi connectivity index (χ3n) is 2.72. The second kappa shape index (κ2) is 4.62. The van der Waals surface area contributed by atoms with E-state index in [1.54, 1.807) is 0 Å². The van der Waals surface area contributed by atoms with Gasteiger partial charge in [0.15, 0.2) is 0 Å². The Kier molecular flexibility index (Phi) is 3.72. The largest absolute Gasteiger partial charge is 0.395 e. The Labute approximate surface area is 85.7 Å². The molecule has 0 saturated carbocycles. The first-order chi connectivity index (χ1) is 6.61. The molecule has 0 saturated heterocycles. The van der Waals surface area contributed by atoms with E-state index in [1.807, 2.05) is 6.08 Å². The number of nitrogens with two attached hydrogens (primary N) is 1. The molecular weight excluding hydrogens is 176 g/mol. The second-order valence-electron chi connectivity index (χ2n) is 3.94. The number of nitrogens with one attached hydrogen (secondary N) is 1. The lowest BCUT2D eigenvalue weighted by atomic mass is 9.85. The number of hydrogen-bond acceptors (Lipinski definition) is 3. The number of aliphatic hydroxyl groups excluding tert-OH is 1. The molecule has 80 valence electrons. The minimum atomic E-state index is -0.172. The van der Waals surface area contributed by atoms with Crippen LogP contribution in [0.4, 0.5) is 0 Å². The van der Waals surface area contributed by atoms with Crippen molar-refractivity contribution in [3.05, 3.63) is 23.4 Å². The van der Waals surface area contributed by atoms with Crippen molar-refractivity contribution in [3.63, 3.8) is 0 Å². The van der Waals surface area contributed by atoms with Crippen molar-refractivity contribution >= 4 is 0 Å². The van der Waals surface area contributed by atoms with E-state index >= 15 is 0 Å². The SMILES string of the molecule is CCC1(N)C=CC(NCCO)=C(C)C1. The molecule has 4 N–H and O–H groups in total. The van der Waals surface area contributed by atoms with E-state index < -0.39 is 0 Å². The molecule has 0 bridgehead atoms. The first-order valence-electron chi connectivity index (χ1n) is 5.14. The Morgan fingerprint density at radius 1 is 1.64 bits per heavy atom. The maximum Gasteiger partial charge on any atom is 0.0604 e. The highest BCUT2D eigenvalue weighted by Crippen LogP contribution is 2.25. The lowest BCUT2D eigenvalue weighted by Crippen LogP contribution is -2.39. The van der Waals surface area contributed by atoms with Gasteiger partial charge in [0, 0.05) is 17.8 Å². The van der Waals surface area contributed by atoms with Gasteiger partial charge >= 0.3 is 0 Å². The van der Waals surface area contributed by atoms with E-state index in [0.717, 1.165) is 18.5 Å². The summed E-state index contributed by atoms with van der Waals surface area (Å²) in [5, 5.41) is 11.9. The number of allylic oxidation sites excluding steroid dienone is 1. The molecule has 0 amide bonds. The molecule has 14 heavy (non-hydrogen) atoms. The van der Waals surface area contributed by atoms with E-state index in [9.17, 15) is 0 Å². The molecule has 1 atom stereocenters. The van der Waals surface area contributed by atoms with Gasteiger partial charge in [-0.25, -0.2) is 0 Å². The van der Waals surface area contributed by atoms with Crippen LogP contribution in [0.2, 0.25) is 0 Å². The first-order valence-corrected chi connectivity index (χ1v) is 5.14. The smallest absolute Gasteiger partial charge is 0.0604 e. The summed E-state index contributed by atoms with van der Waals surface area (Å²) in [7, 11) is 0. The summed E-state index contributed by atoms with van der Waals surface area (Å²) in [6.45, 7) is 4.94. The van der Waals surface area contributed by atoms with Crippen molar-refractivity contribution in [3.8, 4) is 0 Å². The number of rotatable bonds is 4. The van der Waals surface area contributed by atoms with E-state index in [0.29, 0.717) is 6.54 Å². The van der Waals surface area contributed by atoms with Crippen molar-refractivity contribution < 1.29 is 5.11 Å². The first kappa shape index (κ1) is 11.3. The van der Waals surface area contributed by atoms with Gasteiger partial charge in [-0.05, 0) is 31.4 Å². The van der Waals surface area contributed by atoms with Crippen molar-refractivity contribution in [2.45, 2.75) is 32.2 Å². The predicted octanol–water partition coefficient (Wildman–Crippen LogP) is 0.910. The van der Waals surface area contributed by atoms with E-state index in [1.165, 1.54) is 5.57 Å².